The normalized spacial score (nSPS) is 34.4. The molecule has 6 rings (SSSR count). The molecule has 0 heterocycles. The molecule has 0 aliphatic heterocycles. The number of Topliss-reactive ketones (excluding diaryl/α,β-unsaturated/α-hetero) is 1. The third-order valence-corrected chi connectivity index (χ3v) is 11.2. The fraction of sp³-hybridized carbons (Fsp3) is 0.472. The number of benzene rings is 2. The van der Waals surface area contributed by atoms with Crippen LogP contribution in [0.5, 0.6) is 0 Å². The first kappa shape index (κ1) is 31.5. The SMILES string of the molecule is C[C@]12C=CC(=O)C=C1CC[C@@H]1C2[C@@H](O)C[C@@]2(C)C1CC(OC(O)c1ccc(Cc3ccc(C(=O)O)cc3)cc1F)[C@@H]2C(=O)CO. The molecule has 2 aromatic rings. The number of aromatic carboxylic acids is 1. The fourth-order valence-corrected chi connectivity index (χ4v) is 9.25. The zero-order valence-corrected chi connectivity index (χ0v) is 25.4. The lowest BCUT2D eigenvalue weighted by atomic mass is 9.46. The predicted molar refractivity (Wildman–Crippen MR) is 161 cm³/mol. The Bertz CT molecular complexity index is 1580. The lowest BCUT2D eigenvalue weighted by Gasteiger charge is -2.58. The Kier molecular flexibility index (Phi) is 8.18. The highest BCUT2D eigenvalue weighted by Gasteiger charge is 2.65. The first-order chi connectivity index (χ1) is 21.4. The molecule has 238 valence electrons. The van der Waals surface area contributed by atoms with Gasteiger partial charge < -0.3 is 25.2 Å². The zero-order chi connectivity index (χ0) is 32.3. The van der Waals surface area contributed by atoms with Crippen molar-refractivity contribution in [1.82, 2.24) is 0 Å². The van der Waals surface area contributed by atoms with Crippen molar-refractivity contribution < 1.29 is 43.9 Å². The van der Waals surface area contributed by atoms with E-state index < -0.39 is 59.4 Å². The largest absolute Gasteiger partial charge is 0.478 e. The maximum atomic E-state index is 15.3. The standard InChI is InChI=1S/C36H39FO8/c1-35-12-11-23(39)15-22(35)8-10-24-26-16-30(32(29(41)18-38)36(26,2)17-28(40)31(24)35)45-34(44)25-9-5-20(14-27(25)37)13-19-3-6-21(7-4-19)33(42)43/h3-7,9,11-12,14-15,24,26,28,30-32,34,38,40,44H,8,10,13,16-18H2,1-2H3,(H,42,43)/t24-,26?,28-,30?,31?,32-,34?,35-,36-/m0/s1. The number of carboxylic acid groups (broad SMARTS) is 1. The van der Waals surface area contributed by atoms with Crippen molar-refractivity contribution in [3.05, 3.63) is 94.3 Å². The van der Waals surface area contributed by atoms with E-state index in [0.29, 0.717) is 31.2 Å². The molecule has 3 saturated carbocycles. The van der Waals surface area contributed by atoms with Crippen molar-refractivity contribution in [2.24, 2.45) is 34.5 Å². The van der Waals surface area contributed by atoms with Gasteiger partial charge in [-0.25, -0.2) is 9.18 Å². The summed E-state index contributed by atoms with van der Waals surface area (Å²) in [5.74, 6) is -3.21. The van der Waals surface area contributed by atoms with Gasteiger partial charge in [0, 0.05) is 16.9 Å². The van der Waals surface area contributed by atoms with Crippen LogP contribution in [0.3, 0.4) is 0 Å². The quantitative estimate of drug-likeness (QED) is 0.316. The average molecular weight is 619 g/mol. The Morgan fingerprint density at radius 3 is 2.49 bits per heavy atom. The second-order valence-electron chi connectivity index (χ2n) is 13.7. The van der Waals surface area contributed by atoms with Crippen LogP contribution < -0.4 is 0 Å². The minimum atomic E-state index is -1.66. The molecule has 3 fully saturated rings. The molecule has 0 radical (unpaired) electrons. The highest BCUT2D eigenvalue weighted by atomic mass is 19.1. The number of rotatable bonds is 8. The molecule has 4 aliphatic carbocycles. The molecule has 2 aromatic carbocycles. The number of hydrogen-bond donors (Lipinski definition) is 4. The maximum Gasteiger partial charge on any atom is 0.335 e. The molecule has 0 spiro atoms. The van der Waals surface area contributed by atoms with Crippen molar-refractivity contribution in [2.75, 3.05) is 6.61 Å². The van der Waals surface area contributed by atoms with E-state index in [0.717, 1.165) is 17.6 Å². The molecular formula is C36H39FO8. The smallest absolute Gasteiger partial charge is 0.335 e. The number of aliphatic hydroxyl groups is 3. The van der Waals surface area contributed by atoms with E-state index in [-0.39, 0.29) is 34.7 Å². The van der Waals surface area contributed by atoms with Gasteiger partial charge in [0.25, 0.3) is 0 Å². The number of ketones is 2. The second kappa shape index (κ2) is 11.7. The number of allylic oxidation sites excluding steroid dienone is 4. The van der Waals surface area contributed by atoms with Crippen molar-refractivity contribution in [3.63, 3.8) is 0 Å². The van der Waals surface area contributed by atoms with Gasteiger partial charge >= 0.3 is 5.97 Å². The molecule has 0 saturated heterocycles. The third-order valence-electron chi connectivity index (χ3n) is 11.2. The van der Waals surface area contributed by atoms with E-state index >= 15 is 4.39 Å². The molecule has 0 aromatic heterocycles. The zero-order valence-electron chi connectivity index (χ0n) is 25.4. The summed E-state index contributed by atoms with van der Waals surface area (Å²) in [4.78, 5) is 36.5. The van der Waals surface area contributed by atoms with Gasteiger partial charge in [0.2, 0.25) is 0 Å². The van der Waals surface area contributed by atoms with Gasteiger partial charge in [0.1, 0.15) is 12.4 Å². The minimum Gasteiger partial charge on any atom is -0.478 e. The summed E-state index contributed by atoms with van der Waals surface area (Å²) in [6, 6.07) is 10.7. The highest BCUT2D eigenvalue weighted by molar-refractivity contribution is 6.01. The van der Waals surface area contributed by atoms with Crippen LogP contribution in [-0.2, 0) is 20.7 Å². The predicted octanol–water partition coefficient (Wildman–Crippen LogP) is 4.56. The van der Waals surface area contributed by atoms with Gasteiger partial charge in [-0.2, -0.15) is 0 Å². The van der Waals surface area contributed by atoms with Gasteiger partial charge in [-0.15, -0.1) is 0 Å². The Balaban J connectivity index is 1.23. The Morgan fingerprint density at radius 2 is 1.82 bits per heavy atom. The summed E-state index contributed by atoms with van der Waals surface area (Å²) < 4.78 is 21.4. The second-order valence-corrected chi connectivity index (χ2v) is 13.7. The number of carboxylic acids is 1. The van der Waals surface area contributed by atoms with Gasteiger partial charge in [0.05, 0.1) is 23.7 Å². The van der Waals surface area contributed by atoms with Crippen LogP contribution in [0.1, 0.15) is 72.9 Å². The van der Waals surface area contributed by atoms with Crippen LogP contribution in [0, 0.1) is 40.3 Å². The Labute approximate surface area is 261 Å². The van der Waals surface area contributed by atoms with Crippen molar-refractivity contribution in [2.45, 2.75) is 64.4 Å². The number of fused-ring (bicyclic) bond motifs is 5. The van der Waals surface area contributed by atoms with Crippen molar-refractivity contribution >= 4 is 17.5 Å². The average Bonchev–Trinajstić information content (AvgIpc) is 3.28. The van der Waals surface area contributed by atoms with Gasteiger partial charge in [-0.05, 0) is 90.8 Å². The van der Waals surface area contributed by atoms with E-state index in [9.17, 15) is 29.7 Å². The molecule has 8 nitrogen and oxygen atoms in total. The number of ether oxygens (including phenoxy) is 1. The van der Waals surface area contributed by atoms with Crippen LogP contribution in [0.2, 0.25) is 0 Å². The van der Waals surface area contributed by atoms with Crippen LogP contribution in [0.25, 0.3) is 0 Å². The van der Waals surface area contributed by atoms with Gasteiger partial charge in [0.15, 0.2) is 17.9 Å². The van der Waals surface area contributed by atoms with Crippen LogP contribution >= 0.6 is 0 Å². The lowest BCUT2D eigenvalue weighted by Crippen LogP contribution is -2.56. The highest BCUT2D eigenvalue weighted by Crippen LogP contribution is 2.66. The maximum absolute atomic E-state index is 15.3. The number of carbonyl (C=O) groups excluding carboxylic acids is 2. The Morgan fingerprint density at radius 1 is 1.11 bits per heavy atom. The monoisotopic (exact) mass is 618 g/mol. The first-order valence-corrected chi connectivity index (χ1v) is 15.6. The van der Waals surface area contributed by atoms with Crippen LogP contribution in [-0.4, -0.2) is 56.8 Å². The number of hydrogen-bond acceptors (Lipinski definition) is 7. The minimum absolute atomic E-state index is 0.0130. The summed E-state index contributed by atoms with van der Waals surface area (Å²) in [7, 11) is 0. The van der Waals surface area contributed by atoms with E-state index in [2.05, 4.69) is 6.92 Å². The molecule has 4 N–H and O–H groups in total. The van der Waals surface area contributed by atoms with E-state index in [1.165, 1.54) is 24.3 Å². The molecule has 0 amide bonds. The van der Waals surface area contributed by atoms with Crippen molar-refractivity contribution in [3.8, 4) is 0 Å². The summed E-state index contributed by atoms with van der Waals surface area (Å²) in [5, 5.41) is 41.8. The molecule has 45 heavy (non-hydrogen) atoms. The van der Waals surface area contributed by atoms with Crippen molar-refractivity contribution in [1.29, 1.82) is 0 Å². The summed E-state index contributed by atoms with van der Waals surface area (Å²) >= 11 is 0. The first-order valence-electron chi connectivity index (χ1n) is 15.6. The van der Waals surface area contributed by atoms with E-state index in [1.807, 2.05) is 13.0 Å². The Hall–Kier alpha value is -3.50. The summed E-state index contributed by atoms with van der Waals surface area (Å²) in [6.45, 7) is 3.31. The molecule has 9 heteroatoms. The van der Waals surface area contributed by atoms with E-state index in [4.69, 9.17) is 9.84 Å². The topological polar surface area (TPSA) is 141 Å². The van der Waals surface area contributed by atoms with Crippen LogP contribution in [0.4, 0.5) is 4.39 Å². The summed E-state index contributed by atoms with van der Waals surface area (Å²) in [5.41, 5.74) is 1.31. The molecular weight excluding hydrogens is 579 g/mol. The van der Waals surface area contributed by atoms with E-state index in [1.54, 1.807) is 30.4 Å². The molecule has 4 aliphatic rings. The lowest BCUT2D eigenvalue weighted by molar-refractivity contribution is -0.168. The van der Waals surface area contributed by atoms with Gasteiger partial charge in [-0.1, -0.05) is 49.8 Å². The molecule has 0 bridgehead atoms. The van der Waals surface area contributed by atoms with Crippen LogP contribution in [0.15, 0.2) is 66.3 Å². The van der Waals surface area contributed by atoms with Gasteiger partial charge in [-0.3, -0.25) is 9.59 Å². The number of carbonyl (C=O) groups is 3. The summed E-state index contributed by atoms with van der Waals surface area (Å²) in [6.07, 6.45) is 4.41. The fourth-order valence-electron chi connectivity index (χ4n) is 9.25. The number of halogens is 1. The molecule has 9 atom stereocenters. The molecule has 4 unspecified atom stereocenters. The third kappa shape index (κ3) is 5.39. The number of aliphatic hydroxyl groups excluding tert-OH is 3.